The van der Waals surface area contributed by atoms with Gasteiger partial charge >= 0.3 is 0 Å². The second kappa shape index (κ2) is 12.7. The Morgan fingerprint density at radius 2 is 0.679 bits per heavy atom. The molecular weight excluding hydrogens is 957 g/mol. The van der Waals surface area contributed by atoms with Gasteiger partial charge in [0, 0.05) is 66.8 Å². The molecule has 0 N–H and O–H groups in total. The van der Waals surface area contributed by atoms with Gasteiger partial charge in [-0.25, -0.2) is 9.97 Å². The normalized spacial score (nSPS) is 17.7. The Hall–Kier alpha value is -10.5. The van der Waals surface area contributed by atoms with Crippen molar-refractivity contribution in [1.29, 1.82) is 10.5 Å². The first kappa shape index (κ1) is 39.0. The lowest BCUT2D eigenvalue weighted by atomic mass is 9.59. The Morgan fingerprint density at radius 1 is 0.359 bits per heavy atom. The van der Waals surface area contributed by atoms with Crippen LogP contribution < -0.4 is 0 Å². The fourth-order valence-corrected chi connectivity index (χ4v) is 16.7. The molecule has 6 aliphatic carbocycles. The number of fused-ring (bicyclic) bond motifs is 22. The van der Waals surface area contributed by atoms with Crippen LogP contribution in [0.2, 0.25) is 0 Å². The number of nitriles is 2. The maximum absolute atomic E-state index is 11.6. The number of benzene rings is 9. The zero-order valence-corrected chi connectivity index (χ0v) is 41.0. The van der Waals surface area contributed by atoms with Crippen LogP contribution in [-0.4, -0.2) is 18.8 Å². The van der Waals surface area contributed by atoms with Crippen molar-refractivity contribution in [3.8, 4) is 12.1 Å². The molecule has 0 aliphatic heterocycles. The molecule has 0 radical (unpaired) electrons. The minimum atomic E-state index is -0.148. The van der Waals surface area contributed by atoms with Gasteiger partial charge in [-0.05, 0) is 103 Å². The van der Waals surface area contributed by atoms with Gasteiger partial charge in [0.05, 0.1) is 79.5 Å². The van der Waals surface area contributed by atoms with Crippen molar-refractivity contribution in [2.45, 2.75) is 23.7 Å². The number of pyridine rings is 2. The predicted octanol–water partition coefficient (Wildman–Crippen LogP) is 16.3. The maximum atomic E-state index is 11.6. The monoisotopic (exact) mass is 988 g/mol. The summed E-state index contributed by atoms with van der Waals surface area (Å²) in [6.45, 7) is 0. The molecule has 8 aromatic heterocycles. The van der Waals surface area contributed by atoms with E-state index in [4.69, 9.17) is 18.8 Å². The molecule has 9 aromatic carbocycles. The van der Waals surface area contributed by atoms with Gasteiger partial charge in [-0.15, -0.1) is 0 Å². The van der Waals surface area contributed by atoms with E-state index in [1.807, 2.05) is 36.7 Å². The van der Waals surface area contributed by atoms with Gasteiger partial charge in [0.2, 0.25) is 0 Å². The SMILES string of the molecule is N#Cc1cc2c(c3c1C1c4ccccc4C3c3ccccc31)c1c3c4c5oc6ccccc6c5ncc4n4c5cc(C#N)c6c(c5c(c5c7c8oc9ccccc9c8ncc7n2c15)c34)C1c2ccccc2C6c2ccccc21. The Labute approximate surface area is 440 Å². The first-order valence-electron chi connectivity index (χ1n) is 26.7. The highest BCUT2D eigenvalue weighted by Crippen LogP contribution is 2.64. The third-order valence-electron chi connectivity index (χ3n) is 19.2. The molecule has 0 saturated heterocycles. The molecule has 0 spiro atoms. The third kappa shape index (κ3) is 3.98. The van der Waals surface area contributed by atoms with E-state index in [0.717, 1.165) is 131 Å². The van der Waals surface area contributed by atoms with Gasteiger partial charge in [0.25, 0.3) is 0 Å². The minimum absolute atomic E-state index is 0.138. The van der Waals surface area contributed by atoms with Crippen molar-refractivity contribution in [1.82, 2.24) is 18.8 Å². The van der Waals surface area contributed by atoms with E-state index < -0.39 is 0 Å². The molecule has 0 unspecified atom stereocenters. The molecular formula is C70H32N6O2. The molecule has 17 aromatic rings. The largest absolute Gasteiger partial charge is 0.454 e. The highest BCUT2D eigenvalue weighted by Gasteiger charge is 2.48. The molecule has 354 valence electrons. The van der Waals surface area contributed by atoms with Crippen LogP contribution in [0.25, 0.3) is 120 Å². The van der Waals surface area contributed by atoms with E-state index in [2.05, 4.69) is 154 Å². The molecule has 6 aliphatic rings. The van der Waals surface area contributed by atoms with Crippen LogP contribution >= 0.6 is 0 Å². The van der Waals surface area contributed by atoms with Crippen molar-refractivity contribution < 1.29 is 8.83 Å². The second-order valence-electron chi connectivity index (χ2n) is 22.2. The van der Waals surface area contributed by atoms with Crippen LogP contribution in [0.15, 0.2) is 179 Å². The van der Waals surface area contributed by atoms with E-state index in [0.29, 0.717) is 11.1 Å². The van der Waals surface area contributed by atoms with Crippen LogP contribution in [0, 0.1) is 22.7 Å². The molecule has 0 fully saturated rings. The predicted molar refractivity (Wildman–Crippen MR) is 305 cm³/mol. The lowest BCUT2D eigenvalue weighted by molar-refractivity contribution is 0.672. The summed E-state index contributed by atoms with van der Waals surface area (Å²) in [5.41, 5.74) is 26.4. The van der Waals surface area contributed by atoms with Crippen LogP contribution in [-0.2, 0) is 0 Å². The summed E-state index contributed by atoms with van der Waals surface area (Å²) >= 11 is 0. The summed E-state index contributed by atoms with van der Waals surface area (Å²) in [5, 5.41) is 33.7. The maximum Gasteiger partial charge on any atom is 0.163 e. The summed E-state index contributed by atoms with van der Waals surface area (Å²) in [7, 11) is 0. The molecule has 0 atom stereocenters. The average molecular weight is 989 g/mol. The topological polar surface area (TPSA) is 108 Å². The lowest BCUT2D eigenvalue weighted by Crippen LogP contribution is -2.28. The second-order valence-corrected chi connectivity index (χ2v) is 22.2. The van der Waals surface area contributed by atoms with Crippen molar-refractivity contribution in [2.75, 3.05) is 0 Å². The van der Waals surface area contributed by atoms with Gasteiger partial charge in [-0.3, -0.25) is 0 Å². The van der Waals surface area contributed by atoms with E-state index >= 15 is 0 Å². The molecule has 4 bridgehead atoms. The van der Waals surface area contributed by atoms with Crippen LogP contribution in [0.1, 0.15) is 102 Å². The summed E-state index contributed by atoms with van der Waals surface area (Å²) in [6, 6.07) is 61.9. The molecule has 8 heteroatoms. The minimum Gasteiger partial charge on any atom is -0.454 e. The number of nitrogens with zero attached hydrogens (tertiary/aromatic N) is 6. The quantitative estimate of drug-likeness (QED) is 0.150. The highest BCUT2D eigenvalue weighted by atomic mass is 16.3. The first-order valence-corrected chi connectivity index (χ1v) is 26.7. The standard InChI is InChI=1S/C70H32N6O2/c71-27-31-25-43-55(59-49(31)51-33-13-1-5-17-37(33)53(59)38-18-6-2-14-34(38)51)61-63-57-46(30-74-65-41-21-9-11-23-47(41)77-69(57)65)76-44-26-32(28-72)50-52-35-15-3-7-19-39(35)54(40-20-8-4-16-36(40)52)60(50)56(44)62(68(63)76)64-58-45(75(43)67(61)64)29-73-66-42-22-10-12-24-48(42)78-70(58)66/h1-26,29-30,51-54H. The Kier molecular flexibility index (Phi) is 6.37. The molecule has 78 heavy (non-hydrogen) atoms. The summed E-state index contributed by atoms with van der Waals surface area (Å²) < 4.78 is 19.2. The number of hydrogen-bond donors (Lipinski definition) is 0. The highest BCUT2D eigenvalue weighted by molar-refractivity contribution is 6.48. The van der Waals surface area contributed by atoms with E-state index in [9.17, 15) is 10.5 Å². The molecule has 0 saturated carbocycles. The molecule has 8 heterocycles. The number of hydrogen-bond acceptors (Lipinski definition) is 6. The van der Waals surface area contributed by atoms with Crippen molar-refractivity contribution in [3.05, 3.63) is 248 Å². The fourth-order valence-electron chi connectivity index (χ4n) is 16.7. The smallest absolute Gasteiger partial charge is 0.163 e. The molecule has 0 amide bonds. The Bertz CT molecular complexity index is 5430. The summed E-state index contributed by atoms with van der Waals surface area (Å²) in [4.78, 5) is 10.7. The number of furan rings is 2. The fraction of sp³-hybridized carbons (Fsp3) is 0.0571. The van der Waals surface area contributed by atoms with Crippen LogP contribution in [0.3, 0.4) is 0 Å². The number of rotatable bonds is 0. The first-order chi connectivity index (χ1) is 38.7. The number of para-hydroxylation sites is 2. The average Bonchev–Trinajstić information content (AvgIpc) is 3.50. The molecule has 8 nitrogen and oxygen atoms in total. The van der Waals surface area contributed by atoms with E-state index in [1.54, 1.807) is 0 Å². The zero-order valence-electron chi connectivity index (χ0n) is 41.0. The van der Waals surface area contributed by atoms with E-state index in [1.165, 1.54) is 55.6 Å². The van der Waals surface area contributed by atoms with Gasteiger partial charge in [0.15, 0.2) is 11.2 Å². The zero-order chi connectivity index (χ0) is 50.3. The number of aromatic nitrogens is 4. The summed E-state index contributed by atoms with van der Waals surface area (Å²) in [5.74, 6) is -0.573. The van der Waals surface area contributed by atoms with Crippen LogP contribution in [0.5, 0.6) is 0 Å². The van der Waals surface area contributed by atoms with Crippen LogP contribution in [0.4, 0.5) is 0 Å². The van der Waals surface area contributed by atoms with Crippen molar-refractivity contribution in [3.63, 3.8) is 0 Å². The summed E-state index contributed by atoms with van der Waals surface area (Å²) in [6.07, 6.45) is 4.09. The Morgan fingerprint density at radius 3 is 1.04 bits per heavy atom. The third-order valence-corrected chi connectivity index (χ3v) is 19.2. The lowest BCUT2D eigenvalue weighted by Gasteiger charge is -2.43. The van der Waals surface area contributed by atoms with Gasteiger partial charge in [-0.2, -0.15) is 10.5 Å². The van der Waals surface area contributed by atoms with Gasteiger partial charge < -0.3 is 17.6 Å². The van der Waals surface area contributed by atoms with Crippen molar-refractivity contribution in [2.24, 2.45) is 0 Å². The van der Waals surface area contributed by atoms with E-state index in [-0.39, 0.29) is 23.7 Å². The van der Waals surface area contributed by atoms with Gasteiger partial charge in [-0.1, -0.05) is 121 Å². The molecule has 23 rings (SSSR count). The van der Waals surface area contributed by atoms with Gasteiger partial charge in [0.1, 0.15) is 22.2 Å². The van der Waals surface area contributed by atoms with Crippen molar-refractivity contribution >= 4 is 120 Å². The Balaban J connectivity index is 1.09.